The van der Waals surface area contributed by atoms with Gasteiger partial charge in [0.1, 0.15) is 5.82 Å². The number of carbonyl (C=O) groups is 2. The topological polar surface area (TPSA) is 60.7 Å². The molecule has 0 spiro atoms. The van der Waals surface area contributed by atoms with Crippen molar-refractivity contribution >= 4 is 33.4 Å². The smallest absolute Gasteiger partial charge is 0.307 e. The van der Waals surface area contributed by atoms with Crippen molar-refractivity contribution in [2.45, 2.75) is 26.8 Å². The van der Waals surface area contributed by atoms with Crippen LogP contribution in [0.1, 0.15) is 27.9 Å². The highest BCUT2D eigenvalue weighted by Gasteiger charge is 2.13. The molecule has 27 heavy (non-hydrogen) atoms. The molecule has 1 amide bonds. The number of benzene rings is 2. The average molecular weight is 386 g/mol. The number of rotatable bonds is 4. The van der Waals surface area contributed by atoms with Crippen molar-refractivity contribution in [2.75, 3.05) is 7.11 Å². The van der Waals surface area contributed by atoms with E-state index in [1.807, 2.05) is 26.0 Å². The predicted molar refractivity (Wildman–Crippen MR) is 102 cm³/mol. The Balaban J connectivity index is 2.09. The van der Waals surface area contributed by atoms with Crippen molar-refractivity contribution in [1.29, 1.82) is 0 Å². The minimum Gasteiger partial charge on any atom is -0.469 e. The van der Waals surface area contributed by atoms with Crippen molar-refractivity contribution in [3.63, 3.8) is 0 Å². The highest BCUT2D eigenvalue weighted by molar-refractivity contribution is 7.16. The van der Waals surface area contributed by atoms with E-state index in [0.29, 0.717) is 15.1 Å². The SMILES string of the molecule is COC(=O)CCn1c(=NC(=O)c2ccc(C)cc2C)sc2cc(F)ccc21. The predicted octanol–water partition coefficient (Wildman–Crippen LogP) is 3.76. The molecule has 3 aromatic rings. The minimum atomic E-state index is -0.369. The van der Waals surface area contributed by atoms with Gasteiger partial charge in [-0.25, -0.2) is 4.39 Å². The summed E-state index contributed by atoms with van der Waals surface area (Å²) in [6, 6.07) is 9.91. The van der Waals surface area contributed by atoms with E-state index >= 15 is 0 Å². The van der Waals surface area contributed by atoms with Crippen molar-refractivity contribution < 1.29 is 18.7 Å². The first-order chi connectivity index (χ1) is 12.9. The van der Waals surface area contributed by atoms with E-state index < -0.39 is 0 Å². The number of hydrogen-bond donors (Lipinski definition) is 0. The Kier molecular flexibility index (Phi) is 5.51. The van der Waals surface area contributed by atoms with E-state index in [0.717, 1.165) is 16.6 Å². The highest BCUT2D eigenvalue weighted by atomic mass is 32.1. The Morgan fingerprint density at radius 1 is 1.19 bits per heavy atom. The summed E-state index contributed by atoms with van der Waals surface area (Å²) in [5, 5.41) is 0. The van der Waals surface area contributed by atoms with E-state index in [-0.39, 0.29) is 30.7 Å². The van der Waals surface area contributed by atoms with Gasteiger partial charge < -0.3 is 9.30 Å². The summed E-state index contributed by atoms with van der Waals surface area (Å²) in [4.78, 5) is 28.9. The fraction of sp³-hybridized carbons (Fsp3) is 0.250. The summed E-state index contributed by atoms with van der Waals surface area (Å²) in [6.07, 6.45) is 0.130. The number of aryl methyl sites for hydroxylation is 3. The molecule has 0 unspecified atom stereocenters. The van der Waals surface area contributed by atoms with Gasteiger partial charge in [0.2, 0.25) is 0 Å². The van der Waals surface area contributed by atoms with Crippen molar-refractivity contribution in [2.24, 2.45) is 4.99 Å². The standard InChI is InChI=1S/C20H19FN2O3S/c1-12-4-6-15(13(2)10-12)19(25)22-20-23(9-8-18(24)26-3)16-7-5-14(21)11-17(16)27-20/h4-7,10-11H,8-9H2,1-3H3. The summed E-state index contributed by atoms with van der Waals surface area (Å²) in [6.45, 7) is 4.11. The first kappa shape index (κ1) is 19.0. The Morgan fingerprint density at radius 3 is 2.67 bits per heavy atom. The number of ether oxygens (including phenoxy) is 1. The Labute approximate surface area is 159 Å². The van der Waals surface area contributed by atoms with E-state index in [1.54, 1.807) is 16.7 Å². The van der Waals surface area contributed by atoms with Crippen LogP contribution in [0.5, 0.6) is 0 Å². The molecule has 0 aliphatic heterocycles. The minimum absolute atomic E-state index is 0.130. The second kappa shape index (κ2) is 7.84. The molecule has 140 valence electrons. The molecule has 5 nitrogen and oxygen atoms in total. The third-order valence-electron chi connectivity index (χ3n) is 4.22. The third kappa shape index (κ3) is 4.14. The van der Waals surface area contributed by atoms with Crippen molar-refractivity contribution in [3.05, 3.63) is 63.7 Å². The van der Waals surface area contributed by atoms with E-state index in [2.05, 4.69) is 4.99 Å². The van der Waals surface area contributed by atoms with Crippen LogP contribution in [0.4, 0.5) is 4.39 Å². The van der Waals surface area contributed by atoms with Gasteiger partial charge in [0, 0.05) is 12.1 Å². The van der Waals surface area contributed by atoms with Crippen LogP contribution in [0.2, 0.25) is 0 Å². The number of aromatic nitrogens is 1. The number of fused-ring (bicyclic) bond motifs is 1. The lowest BCUT2D eigenvalue weighted by molar-refractivity contribution is -0.140. The molecule has 0 radical (unpaired) electrons. The Morgan fingerprint density at radius 2 is 1.96 bits per heavy atom. The lowest BCUT2D eigenvalue weighted by Crippen LogP contribution is -2.19. The van der Waals surface area contributed by atoms with Crippen LogP contribution < -0.4 is 4.80 Å². The summed E-state index contributed by atoms with van der Waals surface area (Å²) >= 11 is 1.21. The molecule has 2 aromatic carbocycles. The van der Waals surface area contributed by atoms with E-state index in [1.165, 1.54) is 30.6 Å². The first-order valence-corrected chi connectivity index (χ1v) is 9.22. The van der Waals surface area contributed by atoms with Crippen LogP contribution >= 0.6 is 11.3 Å². The molecular weight excluding hydrogens is 367 g/mol. The van der Waals surface area contributed by atoms with Gasteiger partial charge in [-0.2, -0.15) is 4.99 Å². The molecule has 0 saturated carbocycles. The monoisotopic (exact) mass is 386 g/mol. The summed E-state index contributed by atoms with van der Waals surface area (Å²) in [5.41, 5.74) is 3.15. The lowest BCUT2D eigenvalue weighted by atomic mass is 10.1. The molecule has 1 aromatic heterocycles. The molecule has 0 saturated heterocycles. The van der Waals surface area contributed by atoms with Gasteiger partial charge >= 0.3 is 5.97 Å². The third-order valence-corrected chi connectivity index (χ3v) is 5.26. The largest absolute Gasteiger partial charge is 0.469 e. The lowest BCUT2D eigenvalue weighted by Gasteiger charge is -2.05. The molecule has 3 rings (SSSR count). The zero-order chi connectivity index (χ0) is 19.6. The van der Waals surface area contributed by atoms with Gasteiger partial charge in [0.05, 0.1) is 23.7 Å². The van der Waals surface area contributed by atoms with E-state index in [9.17, 15) is 14.0 Å². The molecule has 7 heteroatoms. The number of nitrogens with zero attached hydrogens (tertiary/aromatic N) is 2. The maximum Gasteiger partial charge on any atom is 0.307 e. The molecule has 0 N–H and O–H groups in total. The van der Waals surface area contributed by atoms with Gasteiger partial charge in [-0.1, -0.05) is 29.0 Å². The second-order valence-electron chi connectivity index (χ2n) is 6.21. The summed E-state index contributed by atoms with van der Waals surface area (Å²) in [5.74, 6) is -1.10. The molecule has 1 heterocycles. The number of hydrogen-bond acceptors (Lipinski definition) is 4. The number of halogens is 1. The van der Waals surface area contributed by atoms with Crippen LogP contribution in [-0.2, 0) is 16.1 Å². The van der Waals surface area contributed by atoms with Crippen LogP contribution in [0.15, 0.2) is 41.4 Å². The van der Waals surface area contributed by atoms with Gasteiger partial charge in [-0.05, 0) is 43.7 Å². The maximum absolute atomic E-state index is 13.6. The Hall–Kier alpha value is -2.80. The molecule has 0 aliphatic rings. The zero-order valence-electron chi connectivity index (χ0n) is 15.3. The Bertz CT molecular complexity index is 1100. The summed E-state index contributed by atoms with van der Waals surface area (Å²) in [7, 11) is 1.32. The fourth-order valence-corrected chi connectivity index (χ4v) is 3.93. The quantitative estimate of drug-likeness (QED) is 0.642. The number of methoxy groups -OCH3 is 1. The van der Waals surface area contributed by atoms with Gasteiger partial charge in [-0.3, -0.25) is 9.59 Å². The maximum atomic E-state index is 13.6. The normalized spacial score (nSPS) is 11.8. The van der Waals surface area contributed by atoms with Gasteiger partial charge in [0.15, 0.2) is 4.80 Å². The van der Waals surface area contributed by atoms with E-state index in [4.69, 9.17) is 4.74 Å². The molecule has 0 atom stereocenters. The first-order valence-electron chi connectivity index (χ1n) is 8.41. The fourth-order valence-electron chi connectivity index (χ4n) is 2.85. The van der Waals surface area contributed by atoms with Gasteiger partial charge in [-0.15, -0.1) is 0 Å². The van der Waals surface area contributed by atoms with Crippen molar-refractivity contribution in [1.82, 2.24) is 4.57 Å². The number of carbonyl (C=O) groups excluding carboxylic acids is 2. The van der Waals surface area contributed by atoms with Crippen LogP contribution in [-0.4, -0.2) is 23.6 Å². The zero-order valence-corrected chi connectivity index (χ0v) is 16.1. The second-order valence-corrected chi connectivity index (χ2v) is 7.22. The summed E-state index contributed by atoms with van der Waals surface area (Å²) < 4.78 is 20.7. The van der Waals surface area contributed by atoms with Crippen LogP contribution in [0, 0.1) is 19.7 Å². The number of esters is 1. The van der Waals surface area contributed by atoms with Crippen LogP contribution in [0.3, 0.4) is 0 Å². The van der Waals surface area contributed by atoms with Crippen LogP contribution in [0.25, 0.3) is 10.2 Å². The molecule has 0 fully saturated rings. The molecule has 0 aliphatic carbocycles. The highest BCUT2D eigenvalue weighted by Crippen LogP contribution is 2.19. The molecule has 0 bridgehead atoms. The molecular formula is C20H19FN2O3S. The average Bonchev–Trinajstić information content (AvgIpc) is 2.95. The number of amides is 1. The van der Waals surface area contributed by atoms with Crippen molar-refractivity contribution in [3.8, 4) is 0 Å². The van der Waals surface area contributed by atoms with Gasteiger partial charge in [0.25, 0.3) is 5.91 Å². The number of thiazole rings is 1.